The van der Waals surface area contributed by atoms with Crippen molar-refractivity contribution in [3.05, 3.63) is 48.3 Å². The molecule has 0 N–H and O–H groups in total. The van der Waals surface area contributed by atoms with Crippen LogP contribution in [0.15, 0.2) is 47.1 Å². The first-order chi connectivity index (χ1) is 17.5. The van der Waals surface area contributed by atoms with Gasteiger partial charge in [0.25, 0.3) is 0 Å². The van der Waals surface area contributed by atoms with E-state index in [2.05, 4.69) is 9.97 Å². The van der Waals surface area contributed by atoms with Crippen molar-refractivity contribution in [2.24, 2.45) is 5.92 Å². The molecule has 36 heavy (non-hydrogen) atoms. The molecule has 1 unspecified atom stereocenters. The molecule has 2 aromatic heterocycles. The van der Waals surface area contributed by atoms with Gasteiger partial charge in [0.05, 0.1) is 24.7 Å². The fourth-order valence-electron chi connectivity index (χ4n) is 5.11. The zero-order chi connectivity index (χ0) is 25.1. The van der Waals surface area contributed by atoms with E-state index in [4.69, 9.17) is 13.9 Å². The lowest BCUT2D eigenvalue weighted by Crippen LogP contribution is -2.54. The molecule has 1 aliphatic carbocycles. The minimum Gasteiger partial charge on any atom is -0.469 e. The summed E-state index contributed by atoms with van der Waals surface area (Å²) in [5.74, 6) is -3.15. The Bertz CT molecular complexity index is 1220. The summed E-state index contributed by atoms with van der Waals surface area (Å²) in [4.78, 5) is 35.3. The second-order valence-corrected chi connectivity index (χ2v) is 9.53. The number of hydrogen-bond acceptors (Lipinski definition) is 8. The van der Waals surface area contributed by atoms with Crippen LogP contribution < -0.4 is 0 Å². The summed E-state index contributed by atoms with van der Waals surface area (Å²) in [6, 6.07) is 8.92. The Balaban J connectivity index is 1.32. The topological polar surface area (TPSA) is 94.8 Å². The Morgan fingerprint density at radius 2 is 1.94 bits per heavy atom. The normalized spacial score (nSPS) is 22.4. The molecule has 0 amide bonds. The molecule has 1 aliphatic heterocycles. The van der Waals surface area contributed by atoms with Crippen LogP contribution in [0.4, 0.5) is 4.39 Å². The molecule has 1 saturated heterocycles. The molecule has 190 valence electrons. The standard InChI is InChI=1S/C27H30FN3O5/c1-34-26(33)19-7-9-21(10-8-19)36-27(28,31-13-2-3-14-31)24(32)16-18-6-11-22-23(15-18)35-25(30-22)20-5-4-12-29-17-20/h4-6,11-12,15,17,19,21H,2-3,7-10,13-14,16H2,1H3/t19-,21-,27?. The monoisotopic (exact) mass is 495 g/mol. The second-order valence-electron chi connectivity index (χ2n) is 9.53. The van der Waals surface area contributed by atoms with E-state index in [9.17, 15) is 9.59 Å². The zero-order valence-electron chi connectivity index (χ0n) is 20.3. The van der Waals surface area contributed by atoms with E-state index >= 15 is 4.39 Å². The average molecular weight is 496 g/mol. The van der Waals surface area contributed by atoms with Gasteiger partial charge in [0.1, 0.15) is 5.52 Å². The highest BCUT2D eigenvalue weighted by molar-refractivity contribution is 5.88. The van der Waals surface area contributed by atoms with Gasteiger partial charge in [-0.2, -0.15) is 4.39 Å². The number of methoxy groups -OCH3 is 1. The van der Waals surface area contributed by atoms with Crippen molar-refractivity contribution in [2.45, 2.75) is 57.0 Å². The maximum Gasteiger partial charge on any atom is 0.330 e. The Morgan fingerprint density at radius 3 is 2.64 bits per heavy atom. The average Bonchev–Trinajstić information content (AvgIpc) is 3.60. The molecule has 2 fully saturated rings. The summed E-state index contributed by atoms with van der Waals surface area (Å²) in [6.07, 6.45) is 6.54. The number of likely N-dealkylation sites (tertiary alicyclic amines) is 1. The Hall–Kier alpha value is -3.17. The first-order valence-corrected chi connectivity index (χ1v) is 12.5. The first kappa shape index (κ1) is 24.5. The van der Waals surface area contributed by atoms with E-state index in [0.717, 1.165) is 18.4 Å². The summed E-state index contributed by atoms with van der Waals surface area (Å²) in [7, 11) is 1.37. The van der Waals surface area contributed by atoms with Crippen LogP contribution in [0, 0.1) is 5.92 Å². The maximum absolute atomic E-state index is 16.4. The lowest BCUT2D eigenvalue weighted by Gasteiger charge is -2.37. The number of Topliss-reactive ketones (excluding diaryl/α,β-unsaturated/α-hetero) is 1. The van der Waals surface area contributed by atoms with Crippen molar-refractivity contribution in [2.75, 3.05) is 20.2 Å². The van der Waals surface area contributed by atoms with E-state index in [1.165, 1.54) is 12.0 Å². The van der Waals surface area contributed by atoms with Crippen molar-refractivity contribution in [1.82, 2.24) is 14.9 Å². The largest absolute Gasteiger partial charge is 0.469 e. The number of benzene rings is 1. The van der Waals surface area contributed by atoms with Crippen molar-refractivity contribution >= 4 is 22.9 Å². The van der Waals surface area contributed by atoms with Gasteiger partial charge in [-0.3, -0.25) is 14.6 Å². The number of fused-ring (bicyclic) bond motifs is 1. The molecular formula is C27H30FN3O5. The second kappa shape index (κ2) is 10.4. The molecule has 1 atom stereocenters. The van der Waals surface area contributed by atoms with Gasteiger partial charge in [-0.25, -0.2) is 9.88 Å². The number of alkyl halides is 1. The Morgan fingerprint density at radius 1 is 1.17 bits per heavy atom. The highest BCUT2D eigenvalue weighted by Gasteiger charge is 2.48. The minimum absolute atomic E-state index is 0.136. The molecule has 1 aromatic carbocycles. The molecule has 5 rings (SSSR count). The summed E-state index contributed by atoms with van der Waals surface area (Å²) in [6.45, 7) is 0.935. The number of esters is 1. The van der Waals surface area contributed by atoms with E-state index in [-0.39, 0.29) is 18.3 Å². The van der Waals surface area contributed by atoms with Crippen molar-refractivity contribution in [1.29, 1.82) is 0 Å². The molecule has 9 heteroatoms. The highest BCUT2D eigenvalue weighted by Crippen LogP contribution is 2.35. The van der Waals surface area contributed by atoms with Crippen LogP contribution in [-0.2, 0) is 25.5 Å². The number of carbonyl (C=O) groups excluding carboxylic acids is 2. The third-order valence-electron chi connectivity index (χ3n) is 7.11. The minimum atomic E-state index is -2.50. The number of ether oxygens (including phenoxy) is 2. The van der Waals surface area contributed by atoms with Gasteiger partial charge in [-0.1, -0.05) is 6.07 Å². The summed E-state index contributed by atoms with van der Waals surface area (Å²) in [5.41, 5.74) is 2.54. The Labute approximate surface area is 208 Å². The summed E-state index contributed by atoms with van der Waals surface area (Å²) < 4.78 is 33.1. The van der Waals surface area contributed by atoms with Crippen molar-refractivity contribution in [3.8, 4) is 11.5 Å². The number of pyridine rings is 1. The van der Waals surface area contributed by atoms with Gasteiger partial charge in [0, 0.05) is 31.9 Å². The number of halogens is 1. The van der Waals surface area contributed by atoms with E-state index in [1.807, 2.05) is 6.07 Å². The molecule has 0 radical (unpaired) electrons. The number of rotatable bonds is 8. The predicted molar refractivity (Wildman–Crippen MR) is 129 cm³/mol. The molecule has 3 heterocycles. The SMILES string of the molecule is COC(=O)[C@H]1CC[C@H](OC(F)(C(=O)Cc2ccc3nc(-c4cccnc4)oc3c2)N2CCCC2)CC1. The third kappa shape index (κ3) is 5.03. The summed E-state index contributed by atoms with van der Waals surface area (Å²) >= 11 is 0. The van der Waals surface area contributed by atoms with E-state index in [0.29, 0.717) is 61.3 Å². The van der Waals surface area contributed by atoms with Crippen LogP contribution in [-0.4, -0.2) is 58.9 Å². The van der Waals surface area contributed by atoms with E-state index < -0.39 is 17.9 Å². The van der Waals surface area contributed by atoms with Crippen LogP contribution in [0.1, 0.15) is 44.1 Å². The number of nitrogens with zero attached hydrogens (tertiary/aromatic N) is 3. The molecule has 0 bridgehead atoms. The van der Waals surface area contributed by atoms with Crippen LogP contribution in [0.25, 0.3) is 22.6 Å². The number of aromatic nitrogens is 2. The van der Waals surface area contributed by atoms with Crippen LogP contribution in [0.3, 0.4) is 0 Å². The lowest BCUT2D eigenvalue weighted by atomic mass is 9.87. The third-order valence-corrected chi connectivity index (χ3v) is 7.11. The summed E-state index contributed by atoms with van der Waals surface area (Å²) in [5, 5.41) is 0. The molecular weight excluding hydrogens is 465 g/mol. The Kier molecular flexibility index (Phi) is 7.11. The van der Waals surface area contributed by atoms with Gasteiger partial charge < -0.3 is 13.9 Å². The molecule has 1 saturated carbocycles. The van der Waals surface area contributed by atoms with Gasteiger partial charge in [0.15, 0.2) is 5.58 Å². The van der Waals surface area contributed by atoms with Crippen molar-refractivity contribution in [3.63, 3.8) is 0 Å². The lowest BCUT2D eigenvalue weighted by molar-refractivity contribution is -0.252. The number of oxazole rings is 1. The number of hydrogen-bond donors (Lipinski definition) is 0. The quantitative estimate of drug-likeness (QED) is 0.334. The fourth-order valence-corrected chi connectivity index (χ4v) is 5.11. The van der Waals surface area contributed by atoms with Crippen LogP contribution in [0.5, 0.6) is 0 Å². The van der Waals surface area contributed by atoms with Gasteiger partial charge in [0.2, 0.25) is 11.7 Å². The van der Waals surface area contributed by atoms with Crippen molar-refractivity contribution < 1.29 is 27.9 Å². The molecule has 3 aromatic rings. The zero-order valence-corrected chi connectivity index (χ0v) is 20.3. The van der Waals surface area contributed by atoms with Gasteiger partial charge >= 0.3 is 11.9 Å². The smallest absolute Gasteiger partial charge is 0.330 e. The van der Waals surface area contributed by atoms with Crippen LogP contribution in [0.2, 0.25) is 0 Å². The molecule has 8 nitrogen and oxygen atoms in total. The van der Waals surface area contributed by atoms with E-state index in [1.54, 1.807) is 36.7 Å². The van der Waals surface area contributed by atoms with Crippen LogP contribution >= 0.6 is 0 Å². The molecule has 2 aliphatic rings. The predicted octanol–water partition coefficient (Wildman–Crippen LogP) is 4.47. The van der Waals surface area contributed by atoms with Gasteiger partial charge in [-0.15, -0.1) is 0 Å². The highest BCUT2D eigenvalue weighted by atomic mass is 19.2. The van der Waals surface area contributed by atoms with Gasteiger partial charge in [-0.05, 0) is 68.4 Å². The number of ketones is 1. The number of carbonyl (C=O) groups is 2. The maximum atomic E-state index is 16.4. The first-order valence-electron chi connectivity index (χ1n) is 12.5. The fraction of sp³-hybridized carbons (Fsp3) is 0.481. The molecule has 0 spiro atoms.